The van der Waals surface area contributed by atoms with Gasteiger partial charge in [0.15, 0.2) is 0 Å². The summed E-state index contributed by atoms with van der Waals surface area (Å²) in [7, 11) is 0. The molecule has 1 fully saturated rings. The molecule has 1 atom stereocenters. The lowest BCUT2D eigenvalue weighted by Gasteiger charge is -2.34. The van der Waals surface area contributed by atoms with Crippen LogP contribution in [0.15, 0.2) is 24.3 Å². The zero-order valence-electron chi connectivity index (χ0n) is 13.3. The molecule has 1 saturated heterocycles. The number of nitrogens with zero attached hydrogens (tertiary/aromatic N) is 1. The standard InChI is InChI=1S/C17H25FN2O2/c1-12(2)16(19)17(21)20-9-7-15(8-10-20)22-11-13-3-5-14(18)6-4-13/h3-6,12,15-16H,7-11,19H2,1-2H3/t16-/m0/s1. The second kappa shape index (κ2) is 7.70. The second-order valence-corrected chi connectivity index (χ2v) is 6.23. The van der Waals surface area contributed by atoms with E-state index in [0.717, 1.165) is 18.4 Å². The number of ether oxygens (including phenoxy) is 1. The van der Waals surface area contributed by atoms with Gasteiger partial charge in [-0.15, -0.1) is 0 Å². The fourth-order valence-electron chi connectivity index (χ4n) is 2.53. The summed E-state index contributed by atoms with van der Waals surface area (Å²) in [6.45, 7) is 5.77. The van der Waals surface area contributed by atoms with Crippen molar-refractivity contribution in [2.24, 2.45) is 11.7 Å². The molecule has 1 heterocycles. The third kappa shape index (κ3) is 4.52. The molecule has 0 aliphatic carbocycles. The van der Waals surface area contributed by atoms with Crippen LogP contribution in [0.5, 0.6) is 0 Å². The van der Waals surface area contributed by atoms with Crippen LogP contribution in [0.3, 0.4) is 0 Å². The fraction of sp³-hybridized carbons (Fsp3) is 0.588. The minimum atomic E-state index is -0.420. The van der Waals surface area contributed by atoms with Crippen molar-refractivity contribution < 1.29 is 13.9 Å². The van der Waals surface area contributed by atoms with Crippen molar-refractivity contribution in [3.05, 3.63) is 35.6 Å². The minimum Gasteiger partial charge on any atom is -0.373 e. The van der Waals surface area contributed by atoms with E-state index in [2.05, 4.69) is 0 Å². The van der Waals surface area contributed by atoms with Crippen LogP contribution in [0.4, 0.5) is 4.39 Å². The lowest BCUT2D eigenvalue weighted by Crippen LogP contribution is -2.50. The van der Waals surface area contributed by atoms with Crippen molar-refractivity contribution in [1.29, 1.82) is 0 Å². The zero-order valence-corrected chi connectivity index (χ0v) is 13.3. The number of piperidine rings is 1. The van der Waals surface area contributed by atoms with Crippen LogP contribution >= 0.6 is 0 Å². The van der Waals surface area contributed by atoms with Crippen LogP contribution in [-0.2, 0) is 16.1 Å². The van der Waals surface area contributed by atoms with Crippen LogP contribution in [0, 0.1) is 11.7 Å². The van der Waals surface area contributed by atoms with E-state index >= 15 is 0 Å². The summed E-state index contributed by atoms with van der Waals surface area (Å²) in [5, 5.41) is 0. The molecule has 2 N–H and O–H groups in total. The van der Waals surface area contributed by atoms with Gasteiger partial charge in [0.05, 0.1) is 18.8 Å². The Bertz CT molecular complexity index is 482. The molecule has 0 spiro atoms. The van der Waals surface area contributed by atoms with E-state index in [9.17, 15) is 9.18 Å². The number of nitrogens with two attached hydrogens (primary N) is 1. The maximum Gasteiger partial charge on any atom is 0.239 e. The highest BCUT2D eigenvalue weighted by atomic mass is 19.1. The Kier molecular flexibility index (Phi) is 5.91. The normalized spacial score (nSPS) is 17.8. The Morgan fingerprint density at radius 1 is 1.32 bits per heavy atom. The number of carbonyl (C=O) groups excluding carboxylic acids is 1. The molecule has 22 heavy (non-hydrogen) atoms. The van der Waals surface area contributed by atoms with Gasteiger partial charge < -0.3 is 15.4 Å². The van der Waals surface area contributed by atoms with Gasteiger partial charge in [-0.25, -0.2) is 4.39 Å². The molecular weight excluding hydrogens is 283 g/mol. The van der Waals surface area contributed by atoms with E-state index in [0.29, 0.717) is 19.7 Å². The van der Waals surface area contributed by atoms with E-state index in [4.69, 9.17) is 10.5 Å². The molecule has 4 nitrogen and oxygen atoms in total. The molecule has 0 unspecified atom stereocenters. The third-order valence-corrected chi connectivity index (χ3v) is 4.16. The van der Waals surface area contributed by atoms with Crippen molar-refractivity contribution in [3.63, 3.8) is 0 Å². The van der Waals surface area contributed by atoms with Crippen LogP contribution in [-0.4, -0.2) is 36.0 Å². The molecule has 0 aromatic heterocycles. The van der Waals surface area contributed by atoms with Gasteiger partial charge in [-0.05, 0) is 36.5 Å². The van der Waals surface area contributed by atoms with Gasteiger partial charge >= 0.3 is 0 Å². The van der Waals surface area contributed by atoms with E-state index < -0.39 is 6.04 Å². The smallest absolute Gasteiger partial charge is 0.239 e. The first kappa shape index (κ1) is 16.9. The van der Waals surface area contributed by atoms with Gasteiger partial charge in [0, 0.05) is 13.1 Å². The van der Waals surface area contributed by atoms with Crippen LogP contribution < -0.4 is 5.73 Å². The maximum atomic E-state index is 12.8. The quantitative estimate of drug-likeness (QED) is 0.908. The van der Waals surface area contributed by atoms with Crippen molar-refractivity contribution in [1.82, 2.24) is 4.90 Å². The number of benzene rings is 1. The first-order valence-corrected chi connectivity index (χ1v) is 7.88. The Hall–Kier alpha value is -1.46. The van der Waals surface area contributed by atoms with Gasteiger partial charge in [-0.1, -0.05) is 26.0 Å². The van der Waals surface area contributed by atoms with E-state index in [1.165, 1.54) is 12.1 Å². The summed E-state index contributed by atoms with van der Waals surface area (Å²) in [4.78, 5) is 14.0. The number of amides is 1. The summed E-state index contributed by atoms with van der Waals surface area (Å²) in [6, 6.07) is 5.92. The molecular formula is C17H25FN2O2. The molecule has 2 rings (SSSR count). The number of likely N-dealkylation sites (tertiary alicyclic amines) is 1. The third-order valence-electron chi connectivity index (χ3n) is 4.16. The Morgan fingerprint density at radius 3 is 2.45 bits per heavy atom. The summed E-state index contributed by atoms with van der Waals surface area (Å²) in [5.74, 6) is -0.0519. The number of hydrogen-bond acceptors (Lipinski definition) is 3. The Labute approximate surface area is 131 Å². The van der Waals surface area contributed by atoms with E-state index in [1.807, 2.05) is 18.7 Å². The van der Waals surface area contributed by atoms with Gasteiger partial charge in [-0.3, -0.25) is 4.79 Å². The second-order valence-electron chi connectivity index (χ2n) is 6.23. The van der Waals surface area contributed by atoms with Gasteiger partial charge in [0.25, 0.3) is 0 Å². The van der Waals surface area contributed by atoms with Crippen molar-refractivity contribution in [2.75, 3.05) is 13.1 Å². The topological polar surface area (TPSA) is 55.6 Å². The highest BCUT2D eigenvalue weighted by Gasteiger charge is 2.27. The lowest BCUT2D eigenvalue weighted by atomic mass is 10.0. The number of rotatable bonds is 5. The maximum absolute atomic E-state index is 12.8. The van der Waals surface area contributed by atoms with Crippen LogP contribution in [0.2, 0.25) is 0 Å². The average molecular weight is 308 g/mol. The molecule has 0 bridgehead atoms. The van der Waals surface area contributed by atoms with Crippen LogP contribution in [0.1, 0.15) is 32.3 Å². The lowest BCUT2D eigenvalue weighted by molar-refractivity contribution is -0.136. The molecule has 5 heteroatoms. The summed E-state index contributed by atoms with van der Waals surface area (Å²) in [5.41, 5.74) is 6.88. The first-order chi connectivity index (χ1) is 10.5. The highest BCUT2D eigenvalue weighted by Crippen LogP contribution is 2.17. The molecule has 1 amide bonds. The van der Waals surface area contributed by atoms with Crippen LogP contribution in [0.25, 0.3) is 0 Å². The molecule has 1 aromatic carbocycles. The molecule has 1 aromatic rings. The Morgan fingerprint density at radius 2 is 1.91 bits per heavy atom. The van der Waals surface area contributed by atoms with Gasteiger partial charge in [0.2, 0.25) is 5.91 Å². The highest BCUT2D eigenvalue weighted by molar-refractivity contribution is 5.82. The predicted molar refractivity (Wildman–Crippen MR) is 83.6 cm³/mol. The van der Waals surface area contributed by atoms with Gasteiger partial charge in [-0.2, -0.15) is 0 Å². The summed E-state index contributed by atoms with van der Waals surface area (Å²) in [6.07, 6.45) is 1.78. The van der Waals surface area contributed by atoms with Crippen molar-refractivity contribution in [3.8, 4) is 0 Å². The molecule has 1 aliphatic heterocycles. The molecule has 0 saturated carbocycles. The molecule has 0 radical (unpaired) electrons. The fourth-order valence-corrected chi connectivity index (χ4v) is 2.53. The van der Waals surface area contributed by atoms with Crippen molar-refractivity contribution in [2.45, 2.75) is 45.4 Å². The monoisotopic (exact) mass is 308 g/mol. The molecule has 1 aliphatic rings. The predicted octanol–water partition coefficient (Wildman–Crippen LogP) is 2.32. The number of carbonyl (C=O) groups is 1. The largest absolute Gasteiger partial charge is 0.373 e. The average Bonchev–Trinajstić information content (AvgIpc) is 2.53. The molecule has 122 valence electrons. The SMILES string of the molecule is CC(C)[C@H](N)C(=O)N1CCC(OCc2ccc(F)cc2)CC1. The van der Waals surface area contributed by atoms with Gasteiger partial charge in [0.1, 0.15) is 5.82 Å². The van der Waals surface area contributed by atoms with E-state index in [-0.39, 0.29) is 23.7 Å². The zero-order chi connectivity index (χ0) is 16.1. The van der Waals surface area contributed by atoms with E-state index in [1.54, 1.807) is 12.1 Å². The minimum absolute atomic E-state index is 0.0342. The number of hydrogen-bond donors (Lipinski definition) is 1. The first-order valence-electron chi connectivity index (χ1n) is 7.88. The Balaban J connectivity index is 1.75. The van der Waals surface area contributed by atoms with Crippen molar-refractivity contribution >= 4 is 5.91 Å². The summed E-state index contributed by atoms with van der Waals surface area (Å²) >= 11 is 0. The summed E-state index contributed by atoms with van der Waals surface area (Å²) < 4.78 is 18.7. The number of halogens is 1.